The first-order valence-corrected chi connectivity index (χ1v) is 11.1. The average Bonchev–Trinajstić information content (AvgIpc) is 3.20. The van der Waals surface area contributed by atoms with Crippen LogP contribution in [0.2, 0.25) is 10.0 Å². The summed E-state index contributed by atoms with van der Waals surface area (Å²) in [6.07, 6.45) is 5.43. The third-order valence-electron chi connectivity index (χ3n) is 5.24. The van der Waals surface area contributed by atoms with Crippen molar-refractivity contribution < 1.29 is 4.79 Å². The fourth-order valence-corrected chi connectivity index (χ4v) is 3.95. The summed E-state index contributed by atoms with van der Waals surface area (Å²) < 4.78 is 0. The number of carbonyl (C=O) groups is 1. The average molecular weight is 451 g/mol. The zero-order valence-electron chi connectivity index (χ0n) is 17.4. The van der Waals surface area contributed by atoms with E-state index in [2.05, 4.69) is 32.2 Å². The zero-order chi connectivity index (χ0) is 21.5. The maximum Gasteiger partial charge on any atom is 0.239 e. The van der Waals surface area contributed by atoms with Crippen molar-refractivity contribution in [2.24, 2.45) is 21.0 Å². The summed E-state index contributed by atoms with van der Waals surface area (Å²) in [4.78, 5) is 23.5. The molecule has 2 aliphatic rings. The van der Waals surface area contributed by atoms with Gasteiger partial charge in [-0.2, -0.15) is 5.10 Å². The van der Waals surface area contributed by atoms with Crippen molar-refractivity contribution in [1.82, 2.24) is 10.2 Å². The van der Waals surface area contributed by atoms with Crippen LogP contribution in [0.15, 0.2) is 33.3 Å². The molecule has 9 heteroatoms. The van der Waals surface area contributed by atoms with Crippen LogP contribution in [0.4, 0.5) is 5.69 Å². The van der Waals surface area contributed by atoms with Crippen molar-refractivity contribution in [2.75, 3.05) is 38.2 Å². The van der Waals surface area contributed by atoms with Crippen molar-refractivity contribution in [3.8, 4) is 0 Å². The Kier molecular flexibility index (Phi) is 8.24. The second-order valence-electron chi connectivity index (χ2n) is 7.42. The van der Waals surface area contributed by atoms with Crippen LogP contribution in [0.1, 0.15) is 32.6 Å². The van der Waals surface area contributed by atoms with Crippen molar-refractivity contribution in [3.05, 3.63) is 28.2 Å². The Bertz CT molecular complexity index is 846. The van der Waals surface area contributed by atoms with Crippen LogP contribution < -0.4 is 10.3 Å². The monoisotopic (exact) mass is 450 g/mol. The Morgan fingerprint density at radius 2 is 2.03 bits per heavy atom. The Balaban J connectivity index is 1.47. The number of anilines is 1. The minimum absolute atomic E-state index is 0.0309. The molecule has 1 aromatic rings. The highest BCUT2D eigenvalue weighted by atomic mass is 35.5. The number of piperidine rings is 1. The van der Waals surface area contributed by atoms with Gasteiger partial charge < -0.3 is 5.32 Å². The molecule has 0 spiro atoms. The van der Waals surface area contributed by atoms with Crippen LogP contribution in [0.5, 0.6) is 0 Å². The van der Waals surface area contributed by atoms with E-state index in [1.54, 1.807) is 19.2 Å². The SMILES string of the molecule is CCC=NC(=NC)C1CCN(CC(=O)NC2=NN(c3ccc(Cl)c(Cl)c3)CC2)CC1. The summed E-state index contributed by atoms with van der Waals surface area (Å²) in [6.45, 7) is 4.85. The van der Waals surface area contributed by atoms with Crippen molar-refractivity contribution in [3.63, 3.8) is 0 Å². The lowest BCUT2D eigenvalue weighted by Gasteiger charge is -2.31. The highest BCUT2D eigenvalue weighted by molar-refractivity contribution is 6.42. The number of aliphatic imine (C=N–C) groups is 2. The molecule has 1 saturated heterocycles. The summed E-state index contributed by atoms with van der Waals surface area (Å²) in [5.41, 5.74) is 0.856. The lowest BCUT2D eigenvalue weighted by molar-refractivity contribution is -0.121. The van der Waals surface area contributed by atoms with Gasteiger partial charge in [0, 0.05) is 32.1 Å². The van der Waals surface area contributed by atoms with E-state index >= 15 is 0 Å². The number of rotatable bonds is 5. The first-order chi connectivity index (χ1) is 14.5. The number of hydrogen-bond donors (Lipinski definition) is 1. The Labute approximate surface area is 187 Å². The number of carbonyl (C=O) groups excluding carboxylic acids is 1. The molecule has 7 nitrogen and oxygen atoms in total. The minimum atomic E-state index is -0.0309. The summed E-state index contributed by atoms with van der Waals surface area (Å²) in [7, 11) is 1.80. The fraction of sp³-hybridized carbons (Fsp3) is 0.524. The maximum atomic E-state index is 12.5. The van der Waals surface area contributed by atoms with E-state index in [0.717, 1.165) is 43.9 Å². The second kappa shape index (κ2) is 10.9. The van der Waals surface area contributed by atoms with Crippen LogP contribution in [-0.2, 0) is 4.79 Å². The number of halogens is 2. The molecule has 30 heavy (non-hydrogen) atoms. The number of amidine groups is 2. The highest BCUT2D eigenvalue weighted by Gasteiger charge is 2.25. The van der Waals surface area contributed by atoms with Gasteiger partial charge >= 0.3 is 0 Å². The van der Waals surface area contributed by atoms with Gasteiger partial charge in [0.15, 0.2) is 0 Å². The Hall–Kier alpha value is -1.96. The molecule has 1 amide bonds. The molecule has 0 saturated carbocycles. The van der Waals surface area contributed by atoms with Crippen LogP contribution in [0, 0.1) is 5.92 Å². The molecule has 3 rings (SSSR count). The molecule has 2 heterocycles. The van der Waals surface area contributed by atoms with Crippen LogP contribution in [0.3, 0.4) is 0 Å². The van der Waals surface area contributed by atoms with E-state index in [1.165, 1.54) is 0 Å². The van der Waals surface area contributed by atoms with Gasteiger partial charge in [0.05, 0.1) is 22.3 Å². The minimum Gasteiger partial charge on any atom is -0.312 e. The molecule has 0 unspecified atom stereocenters. The van der Waals surface area contributed by atoms with Gasteiger partial charge in [-0.25, -0.2) is 4.99 Å². The first kappa shape index (κ1) is 22.7. The molecule has 0 aromatic heterocycles. The summed E-state index contributed by atoms with van der Waals surface area (Å²) in [6, 6.07) is 5.39. The molecule has 0 radical (unpaired) electrons. The maximum absolute atomic E-state index is 12.5. The summed E-state index contributed by atoms with van der Waals surface area (Å²) in [5, 5.41) is 10.3. The van der Waals surface area contributed by atoms with E-state index in [-0.39, 0.29) is 5.91 Å². The first-order valence-electron chi connectivity index (χ1n) is 10.3. The van der Waals surface area contributed by atoms with E-state index in [9.17, 15) is 4.79 Å². The van der Waals surface area contributed by atoms with Crippen LogP contribution in [-0.4, -0.2) is 61.9 Å². The second-order valence-corrected chi connectivity index (χ2v) is 8.23. The quantitative estimate of drug-likeness (QED) is 0.546. The smallest absolute Gasteiger partial charge is 0.239 e. The van der Waals surface area contributed by atoms with Gasteiger partial charge in [-0.15, -0.1) is 0 Å². The molecule has 1 aromatic carbocycles. The molecule has 0 aliphatic carbocycles. The molecule has 0 atom stereocenters. The predicted molar refractivity (Wildman–Crippen MR) is 125 cm³/mol. The van der Waals surface area contributed by atoms with Crippen LogP contribution in [0.25, 0.3) is 0 Å². The fourth-order valence-electron chi connectivity index (χ4n) is 3.66. The number of nitrogens with zero attached hydrogens (tertiary/aromatic N) is 5. The zero-order valence-corrected chi connectivity index (χ0v) is 19.0. The summed E-state index contributed by atoms with van der Waals surface area (Å²) >= 11 is 12.1. The molecule has 1 N–H and O–H groups in total. The van der Waals surface area contributed by atoms with Crippen molar-refractivity contribution in [1.29, 1.82) is 0 Å². The van der Waals surface area contributed by atoms with Gasteiger partial charge in [-0.3, -0.25) is 19.7 Å². The lowest BCUT2D eigenvalue weighted by Crippen LogP contribution is -2.43. The number of amides is 1. The lowest BCUT2D eigenvalue weighted by atomic mass is 9.95. The van der Waals surface area contributed by atoms with Gasteiger partial charge in [-0.1, -0.05) is 30.1 Å². The standard InChI is InChI=1S/C21H28Cl2N6O/c1-3-9-25-21(24-2)15-6-10-28(11-7-15)14-20(30)26-19-8-12-29(27-19)16-4-5-17(22)18(23)13-16/h4-5,9,13,15H,3,6-8,10-12,14H2,1-2H3,(H,26,27,30). The Morgan fingerprint density at radius 3 is 2.70 bits per heavy atom. The van der Waals surface area contributed by atoms with E-state index in [0.29, 0.717) is 41.3 Å². The third kappa shape index (κ3) is 6.03. The van der Waals surface area contributed by atoms with Gasteiger partial charge in [0.25, 0.3) is 0 Å². The number of likely N-dealkylation sites (tertiary alicyclic amines) is 1. The predicted octanol–water partition coefficient (Wildman–Crippen LogP) is 3.85. The third-order valence-corrected chi connectivity index (χ3v) is 5.98. The van der Waals surface area contributed by atoms with E-state index < -0.39 is 0 Å². The van der Waals surface area contributed by atoms with Gasteiger partial charge in [-0.05, 0) is 50.6 Å². The molecule has 1 fully saturated rings. The molecule has 162 valence electrons. The van der Waals surface area contributed by atoms with E-state index in [1.807, 2.05) is 17.3 Å². The number of hydrazone groups is 1. The van der Waals surface area contributed by atoms with E-state index in [4.69, 9.17) is 23.2 Å². The van der Waals surface area contributed by atoms with Crippen molar-refractivity contribution >= 4 is 52.7 Å². The normalized spacial score (nSPS) is 18.9. The Morgan fingerprint density at radius 1 is 1.27 bits per heavy atom. The largest absolute Gasteiger partial charge is 0.312 e. The molecular formula is C21H28Cl2N6O. The number of hydrogen-bond acceptors (Lipinski definition) is 5. The van der Waals surface area contributed by atoms with Crippen LogP contribution >= 0.6 is 23.2 Å². The molecule has 2 aliphatic heterocycles. The summed E-state index contributed by atoms with van der Waals surface area (Å²) in [5.74, 6) is 1.94. The van der Waals surface area contributed by atoms with Gasteiger partial charge in [0.2, 0.25) is 5.91 Å². The van der Waals surface area contributed by atoms with Gasteiger partial charge in [0.1, 0.15) is 11.7 Å². The molecule has 0 bridgehead atoms. The topological polar surface area (TPSA) is 72.7 Å². The van der Waals surface area contributed by atoms with Crippen molar-refractivity contribution in [2.45, 2.75) is 32.6 Å². The highest BCUT2D eigenvalue weighted by Crippen LogP contribution is 2.28. The molecular weight excluding hydrogens is 423 g/mol. The number of benzene rings is 1. The number of nitrogens with one attached hydrogen (secondary N) is 1.